The zero-order valence-corrected chi connectivity index (χ0v) is 30.0. The molecule has 258 valence electrons. The van der Waals surface area contributed by atoms with E-state index < -0.39 is 0 Å². The van der Waals surface area contributed by atoms with E-state index in [1.54, 1.807) is 0 Å². The summed E-state index contributed by atoms with van der Waals surface area (Å²) in [6.45, 7) is 0. The third kappa shape index (κ3) is 6.18. The molecule has 2 aromatic heterocycles. The minimum atomic E-state index is 0.698. The normalized spacial score (nSPS) is 11.3. The van der Waals surface area contributed by atoms with Gasteiger partial charge in [-0.1, -0.05) is 182 Å². The first-order valence-electron chi connectivity index (χ1n) is 18.7. The molecule has 0 aliphatic rings. The lowest BCUT2D eigenvalue weighted by Gasteiger charge is -2.12. The van der Waals surface area contributed by atoms with Gasteiger partial charge in [0.2, 0.25) is 0 Å². The van der Waals surface area contributed by atoms with E-state index in [-0.39, 0.29) is 0 Å². The molecule has 3 heteroatoms. The number of hydrogen-bond acceptors (Lipinski definition) is 2. The van der Waals surface area contributed by atoms with E-state index >= 15 is 0 Å². The first-order valence-corrected chi connectivity index (χ1v) is 18.7. The number of para-hydroxylation sites is 2. The molecule has 0 amide bonds. The van der Waals surface area contributed by atoms with Gasteiger partial charge >= 0.3 is 0 Å². The molecule has 55 heavy (non-hydrogen) atoms. The number of aromatic nitrogens is 3. The molecule has 0 aliphatic carbocycles. The SMILES string of the molecule is c1ccc(-c2ccc(-c3cc(-c4ccc(-c5ccc(-n6c7ccccc7c7ccccc76)cc5)cc4)nc(-c4ccc(-c5ccccc5)cc4)n3)cc2)cc1. The summed E-state index contributed by atoms with van der Waals surface area (Å²) in [5.41, 5.74) is 15.4. The van der Waals surface area contributed by atoms with Crippen LogP contribution in [-0.4, -0.2) is 14.5 Å². The number of benzene rings is 8. The summed E-state index contributed by atoms with van der Waals surface area (Å²) in [6, 6.07) is 75.1. The average Bonchev–Trinajstić information content (AvgIpc) is 3.61. The second-order valence-electron chi connectivity index (χ2n) is 13.8. The Morgan fingerprint density at radius 1 is 0.273 bits per heavy atom. The van der Waals surface area contributed by atoms with Gasteiger partial charge in [-0.15, -0.1) is 0 Å². The fraction of sp³-hybridized carbons (Fsp3) is 0. The van der Waals surface area contributed by atoms with Gasteiger partial charge in [0.25, 0.3) is 0 Å². The molecule has 0 spiro atoms. The Hall–Kier alpha value is -7.36. The molecule has 0 fully saturated rings. The molecule has 0 radical (unpaired) electrons. The van der Waals surface area contributed by atoms with Crippen LogP contribution in [0.2, 0.25) is 0 Å². The van der Waals surface area contributed by atoms with Gasteiger partial charge < -0.3 is 4.57 Å². The minimum Gasteiger partial charge on any atom is -0.309 e. The van der Waals surface area contributed by atoms with Gasteiger partial charge in [-0.25, -0.2) is 9.97 Å². The summed E-state index contributed by atoms with van der Waals surface area (Å²) in [6.07, 6.45) is 0. The van der Waals surface area contributed by atoms with E-state index in [2.05, 4.69) is 205 Å². The smallest absolute Gasteiger partial charge is 0.160 e. The van der Waals surface area contributed by atoms with Gasteiger partial charge in [-0.05, 0) is 63.7 Å². The molecule has 0 saturated heterocycles. The predicted octanol–water partition coefficient (Wildman–Crippen LogP) is 13.6. The third-order valence-corrected chi connectivity index (χ3v) is 10.5. The molecule has 0 saturated carbocycles. The maximum Gasteiger partial charge on any atom is 0.160 e. The van der Waals surface area contributed by atoms with Crippen LogP contribution in [0, 0.1) is 0 Å². The standard InChI is InChI=1S/C52H35N3/c1-3-11-36(12-4-1)38-19-25-42(26-20-38)48-35-49(54-52(53-48)44-29-23-39(24-30-44)37-13-5-2-6-14-37)43-27-21-40(22-28-43)41-31-33-45(34-32-41)55-50-17-9-7-15-46(50)47-16-8-10-18-51(47)55/h1-35H. The molecule has 0 atom stereocenters. The Bertz CT molecular complexity index is 2760. The molecule has 0 N–H and O–H groups in total. The van der Waals surface area contributed by atoms with Crippen molar-refractivity contribution in [1.29, 1.82) is 0 Å². The van der Waals surface area contributed by atoms with E-state index in [9.17, 15) is 0 Å². The zero-order chi connectivity index (χ0) is 36.6. The van der Waals surface area contributed by atoms with E-state index in [0.717, 1.165) is 50.5 Å². The lowest BCUT2D eigenvalue weighted by Crippen LogP contribution is -1.96. The van der Waals surface area contributed by atoms with E-state index in [1.807, 2.05) is 12.1 Å². The molecule has 0 aliphatic heterocycles. The highest BCUT2D eigenvalue weighted by atomic mass is 15.0. The minimum absolute atomic E-state index is 0.698. The van der Waals surface area contributed by atoms with Crippen molar-refractivity contribution in [3.05, 3.63) is 212 Å². The lowest BCUT2D eigenvalue weighted by atomic mass is 10.00. The molecule has 10 rings (SSSR count). The van der Waals surface area contributed by atoms with Crippen LogP contribution < -0.4 is 0 Å². The van der Waals surface area contributed by atoms with Crippen LogP contribution >= 0.6 is 0 Å². The van der Waals surface area contributed by atoms with Crippen molar-refractivity contribution in [2.45, 2.75) is 0 Å². The summed E-state index contributed by atoms with van der Waals surface area (Å²) >= 11 is 0. The van der Waals surface area contributed by atoms with Gasteiger partial charge in [0.15, 0.2) is 5.82 Å². The summed E-state index contributed by atoms with van der Waals surface area (Å²) in [5.74, 6) is 0.698. The summed E-state index contributed by atoms with van der Waals surface area (Å²) < 4.78 is 2.35. The Morgan fingerprint density at radius 3 is 1.04 bits per heavy atom. The van der Waals surface area contributed by atoms with Crippen molar-refractivity contribution >= 4 is 21.8 Å². The Balaban J connectivity index is 0.992. The number of nitrogens with zero attached hydrogens (tertiary/aromatic N) is 3. The lowest BCUT2D eigenvalue weighted by molar-refractivity contribution is 1.18. The van der Waals surface area contributed by atoms with Gasteiger partial charge in [0, 0.05) is 33.2 Å². The van der Waals surface area contributed by atoms with Crippen molar-refractivity contribution in [3.8, 4) is 73.0 Å². The van der Waals surface area contributed by atoms with E-state index in [1.165, 1.54) is 38.5 Å². The van der Waals surface area contributed by atoms with E-state index in [0.29, 0.717) is 5.82 Å². The monoisotopic (exact) mass is 701 g/mol. The molecular formula is C52H35N3. The highest BCUT2D eigenvalue weighted by Crippen LogP contribution is 2.34. The van der Waals surface area contributed by atoms with Gasteiger partial charge in [-0.2, -0.15) is 0 Å². The number of hydrogen-bond donors (Lipinski definition) is 0. The first-order chi connectivity index (χ1) is 27.2. The van der Waals surface area contributed by atoms with Crippen LogP contribution in [0.25, 0.3) is 94.8 Å². The van der Waals surface area contributed by atoms with Crippen molar-refractivity contribution in [1.82, 2.24) is 14.5 Å². The molecule has 0 unspecified atom stereocenters. The highest BCUT2D eigenvalue weighted by Gasteiger charge is 2.14. The van der Waals surface area contributed by atoms with Crippen molar-refractivity contribution in [2.24, 2.45) is 0 Å². The second kappa shape index (κ2) is 13.9. The van der Waals surface area contributed by atoms with Crippen molar-refractivity contribution in [2.75, 3.05) is 0 Å². The van der Waals surface area contributed by atoms with Crippen molar-refractivity contribution < 1.29 is 0 Å². The zero-order valence-electron chi connectivity index (χ0n) is 30.0. The van der Waals surface area contributed by atoms with Gasteiger partial charge in [-0.3, -0.25) is 0 Å². The molecule has 3 nitrogen and oxygen atoms in total. The Labute approximate surface area is 320 Å². The van der Waals surface area contributed by atoms with Crippen LogP contribution in [0.1, 0.15) is 0 Å². The van der Waals surface area contributed by atoms with E-state index in [4.69, 9.17) is 9.97 Å². The summed E-state index contributed by atoms with van der Waals surface area (Å²) in [7, 11) is 0. The molecular weight excluding hydrogens is 667 g/mol. The Kier molecular flexibility index (Phi) is 8.16. The fourth-order valence-electron chi connectivity index (χ4n) is 7.62. The summed E-state index contributed by atoms with van der Waals surface area (Å²) in [4.78, 5) is 10.3. The molecule has 2 heterocycles. The molecule has 10 aromatic rings. The third-order valence-electron chi connectivity index (χ3n) is 10.5. The van der Waals surface area contributed by atoms with Crippen LogP contribution in [0.4, 0.5) is 0 Å². The molecule has 8 aromatic carbocycles. The van der Waals surface area contributed by atoms with Crippen LogP contribution in [0.3, 0.4) is 0 Å². The number of fused-ring (bicyclic) bond motifs is 3. The van der Waals surface area contributed by atoms with Crippen LogP contribution in [-0.2, 0) is 0 Å². The fourth-order valence-corrected chi connectivity index (χ4v) is 7.62. The highest BCUT2D eigenvalue weighted by molar-refractivity contribution is 6.09. The second-order valence-corrected chi connectivity index (χ2v) is 13.8. The molecule has 0 bridgehead atoms. The predicted molar refractivity (Wildman–Crippen MR) is 229 cm³/mol. The maximum absolute atomic E-state index is 5.15. The quantitative estimate of drug-likeness (QED) is 0.166. The van der Waals surface area contributed by atoms with Crippen LogP contribution in [0.15, 0.2) is 212 Å². The van der Waals surface area contributed by atoms with Gasteiger partial charge in [0.1, 0.15) is 0 Å². The van der Waals surface area contributed by atoms with Crippen molar-refractivity contribution in [3.63, 3.8) is 0 Å². The largest absolute Gasteiger partial charge is 0.309 e. The Morgan fingerprint density at radius 2 is 0.600 bits per heavy atom. The topological polar surface area (TPSA) is 30.7 Å². The average molecular weight is 702 g/mol. The maximum atomic E-state index is 5.15. The van der Waals surface area contributed by atoms with Gasteiger partial charge in [0.05, 0.1) is 22.4 Å². The summed E-state index contributed by atoms with van der Waals surface area (Å²) in [5, 5.41) is 2.53. The first kappa shape index (κ1) is 32.3. The number of rotatable bonds is 7. The van der Waals surface area contributed by atoms with Crippen LogP contribution in [0.5, 0.6) is 0 Å².